The molecule has 0 N–H and O–H groups in total. The predicted octanol–water partition coefficient (Wildman–Crippen LogP) is 2.47. The van der Waals surface area contributed by atoms with Crippen molar-refractivity contribution in [3.8, 4) is 0 Å². The largest absolute Gasteiger partial charge is 0.295 e. The summed E-state index contributed by atoms with van der Waals surface area (Å²) in [6.07, 6.45) is 3.91. The molecule has 0 aromatic rings. The highest BCUT2D eigenvalue weighted by molar-refractivity contribution is 5.97. The number of rotatable bonds is 1. The van der Waals surface area contributed by atoms with Crippen LogP contribution in [0, 0.1) is 0 Å². The Bertz CT molecular complexity index is 177. The highest BCUT2D eigenvalue weighted by atomic mass is 16.1. The minimum absolute atomic E-state index is 0.388. The van der Waals surface area contributed by atoms with Crippen molar-refractivity contribution in [2.75, 3.05) is 0 Å². The van der Waals surface area contributed by atoms with E-state index in [2.05, 4.69) is 13.8 Å². The molecule has 0 aromatic carbocycles. The molecule has 1 rings (SSSR count). The molecule has 1 nitrogen and oxygen atoms in total. The molecule has 0 bridgehead atoms. The second kappa shape index (κ2) is 3.00. The van der Waals surface area contributed by atoms with Crippen molar-refractivity contribution in [3.63, 3.8) is 0 Å². The third-order valence-corrected chi connectivity index (χ3v) is 2.21. The maximum absolute atomic E-state index is 11.1. The lowest BCUT2D eigenvalue weighted by atomic mass is 10.1. The molecule has 0 aromatic heterocycles. The molecule has 0 unspecified atom stereocenters. The van der Waals surface area contributed by atoms with Gasteiger partial charge in [-0.15, -0.1) is 0 Å². The Morgan fingerprint density at radius 2 is 2.20 bits per heavy atom. The molecular weight excluding hydrogens is 124 g/mol. The normalized spacial score (nSPS) is 23.6. The van der Waals surface area contributed by atoms with Crippen LogP contribution in [0.15, 0.2) is 11.1 Å². The third-order valence-electron chi connectivity index (χ3n) is 2.21. The van der Waals surface area contributed by atoms with Gasteiger partial charge in [-0.3, -0.25) is 4.79 Å². The third kappa shape index (κ3) is 1.28. The van der Waals surface area contributed by atoms with E-state index in [1.165, 1.54) is 5.57 Å². The van der Waals surface area contributed by atoms with Gasteiger partial charge in [-0.2, -0.15) is 0 Å². The van der Waals surface area contributed by atoms with Crippen molar-refractivity contribution < 1.29 is 4.79 Å². The summed E-state index contributed by atoms with van der Waals surface area (Å²) in [6.45, 7) is 4.17. The quantitative estimate of drug-likeness (QED) is 0.509. The number of carbonyl (C=O) groups excluding carboxylic acids is 1. The van der Waals surface area contributed by atoms with E-state index < -0.39 is 0 Å². The number of hydrogen-bond acceptors (Lipinski definition) is 1. The first kappa shape index (κ1) is 7.52. The van der Waals surface area contributed by atoms with Gasteiger partial charge < -0.3 is 0 Å². The zero-order chi connectivity index (χ0) is 7.56. The highest BCUT2D eigenvalue weighted by Gasteiger charge is 2.17. The first-order chi connectivity index (χ1) is 4.75. The maximum Gasteiger partial charge on any atom is 0.158 e. The molecule has 0 atom stereocenters. The number of hydrogen-bond donors (Lipinski definition) is 0. The van der Waals surface area contributed by atoms with Crippen LogP contribution in [0.2, 0.25) is 0 Å². The zero-order valence-electron chi connectivity index (χ0n) is 6.74. The van der Waals surface area contributed by atoms with E-state index in [-0.39, 0.29) is 0 Å². The van der Waals surface area contributed by atoms with E-state index in [1.54, 1.807) is 0 Å². The predicted molar refractivity (Wildman–Crippen MR) is 41.8 cm³/mol. The molecule has 56 valence electrons. The van der Waals surface area contributed by atoms with Crippen LogP contribution in [0.3, 0.4) is 0 Å². The second-order valence-corrected chi connectivity index (χ2v) is 2.89. The molecule has 0 aliphatic heterocycles. The number of ketones is 1. The number of allylic oxidation sites excluding steroid dienone is 2. The van der Waals surface area contributed by atoms with Crippen molar-refractivity contribution in [2.45, 2.75) is 39.5 Å². The van der Waals surface area contributed by atoms with Crippen LogP contribution in [0.25, 0.3) is 0 Å². The van der Waals surface area contributed by atoms with E-state index in [0.29, 0.717) is 5.78 Å². The van der Waals surface area contributed by atoms with Crippen LogP contribution in [-0.4, -0.2) is 5.78 Å². The second-order valence-electron chi connectivity index (χ2n) is 2.89. The molecule has 0 radical (unpaired) electrons. The van der Waals surface area contributed by atoms with Gasteiger partial charge in [-0.25, -0.2) is 0 Å². The van der Waals surface area contributed by atoms with Crippen molar-refractivity contribution in [2.24, 2.45) is 0 Å². The lowest BCUT2D eigenvalue weighted by molar-refractivity contribution is -0.114. The summed E-state index contributed by atoms with van der Waals surface area (Å²) in [6, 6.07) is 0. The van der Waals surface area contributed by atoms with Crippen LogP contribution in [0.4, 0.5) is 0 Å². The van der Waals surface area contributed by atoms with Crippen LogP contribution >= 0.6 is 0 Å². The van der Waals surface area contributed by atoms with Crippen molar-refractivity contribution in [1.29, 1.82) is 0 Å². The number of carbonyl (C=O) groups is 1. The minimum Gasteiger partial charge on any atom is -0.295 e. The first-order valence-electron chi connectivity index (χ1n) is 3.97. The molecule has 1 saturated carbocycles. The monoisotopic (exact) mass is 138 g/mol. The summed E-state index contributed by atoms with van der Waals surface area (Å²) in [7, 11) is 0. The van der Waals surface area contributed by atoms with E-state index in [0.717, 1.165) is 31.3 Å². The summed E-state index contributed by atoms with van der Waals surface area (Å²) in [4.78, 5) is 11.1. The molecule has 1 aliphatic carbocycles. The Kier molecular flexibility index (Phi) is 2.25. The molecule has 0 spiro atoms. The van der Waals surface area contributed by atoms with Gasteiger partial charge in [0.15, 0.2) is 5.78 Å². The van der Waals surface area contributed by atoms with Crippen LogP contribution < -0.4 is 0 Å². The smallest absolute Gasteiger partial charge is 0.158 e. The fraction of sp³-hybridized carbons (Fsp3) is 0.667. The summed E-state index contributed by atoms with van der Waals surface area (Å²) < 4.78 is 0. The molecular formula is C9H14O. The Labute approximate surface area is 62.1 Å². The molecule has 0 heterocycles. The summed E-state index contributed by atoms with van der Waals surface area (Å²) >= 11 is 0. The lowest BCUT2D eigenvalue weighted by Crippen LogP contribution is -1.94. The van der Waals surface area contributed by atoms with Gasteiger partial charge >= 0.3 is 0 Å². The minimum atomic E-state index is 0.388. The zero-order valence-corrected chi connectivity index (χ0v) is 6.74. The van der Waals surface area contributed by atoms with Crippen LogP contribution in [0.5, 0.6) is 0 Å². The lowest BCUT2D eigenvalue weighted by Gasteiger charge is -1.99. The molecule has 10 heavy (non-hydrogen) atoms. The van der Waals surface area contributed by atoms with Gasteiger partial charge in [-0.05, 0) is 31.8 Å². The molecule has 1 fully saturated rings. The fourth-order valence-corrected chi connectivity index (χ4v) is 1.38. The van der Waals surface area contributed by atoms with Crippen molar-refractivity contribution >= 4 is 5.78 Å². The van der Waals surface area contributed by atoms with Gasteiger partial charge in [0.2, 0.25) is 0 Å². The van der Waals surface area contributed by atoms with Crippen molar-refractivity contribution in [3.05, 3.63) is 11.1 Å². The summed E-state index contributed by atoms with van der Waals surface area (Å²) in [5, 5.41) is 0. The van der Waals surface area contributed by atoms with E-state index in [4.69, 9.17) is 0 Å². The molecule has 1 heteroatoms. The van der Waals surface area contributed by atoms with E-state index >= 15 is 0 Å². The van der Waals surface area contributed by atoms with Gasteiger partial charge in [0.1, 0.15) is 0 Å². The number of Topliss-reactive ketones (excluding diaryl/α,β-unsaturated/α-hetero) is 1. The van der Waals surface area contributed by atoms with Gasteiger partial charge in [-0.1, -0.05) is 12.5 Å². The van der Waals surface area contributed by atoms with Gasteiger partial charge in [0.05, 0.1) is 0 Å². The maximum atomic E-state index is 11.1. The average molecular weight is 138 g/mol. The van der Waals surface area contributed by atoms with Crippen LogP contribution in [-0.2, 0) is 4.79 Å². The Balaban J connectivity index is 2.79. The molecule has 0 amide bonds. The highest BCUT2D eigenvalue weighted by Crippen LogP contribution is 2.24. The van der Waals surface area contributed by atoms with E-state index in [1.807, 2.05) is 0 Å². The molecule has 0 saturated heterocycles. The fourth-order valence-electron chi connectivity index (χ4n) is 1.38. The summed E-state index contributed by atoms with van der Waals surface area (Å²) in [5.74, 6) is 0.388. The van der Waals surface area contributed by atoms with Crippen molar-refractivity contribution in [1.82, 2.24) is 0 Å². The Morgan fingerprint density at radius 3 is 2.60 bits per heavy atom. The average Bonchev–Trinajstić information content (AvgIpc) is 2.34. The topological polar surface area (TPSA) is 17.1 Å². The Morgan fingerprint density at radius 1 is 1.50 bits per heavy atom. The molecule has 1 aliphatic rings. The van der Waals surface area contributed by atoms with E-state index in [9.17, 15) is 4.79 Å². The summed E-state index contributed by atoms with van der Waals surface area (Å²) in [5.41, 5.74) is 2.41. The van der Waals surface area contributed by atoms with Gasteiger partial charge in [0.25, 0.3) is 0 Å². The Hall–Kier alpha value is -0.590. The standard InChI is InChI=1S/C9H14O/c1-3-7(2)8-5-4-6-9(8)10/h3-6H2,1-2H3/b8-7-. The SMILES string of the molecule is CC/C(C)=C1/CCCC1=O. The first-order valence-corrected chi connectivity index (χ1v) is 3.97. The van der Waals surface area contributed by atoms with Crippen LogP contribution in [0.1, 0.15) is 39.5 Å². The van der Waals surface area contributed by atoms with Gasteiger partial charge in [0, 0.05) is 6.42 Å².